The van der Waals surface area contributed by atoms with Gasteiger partial charge in [0.2, 0.25) is 0 Å². The molecule has 3 aromatic heterocycles. The molecule has 6 aromatic rings. The third-order valence-electron chi connectivity index (χ3n) is 5.61. The van der Waals surface area contributed by atoms with Gasteiger partial charge in [0.25, 0.3) is 5.56 Å². The minimum Gasteiger partial charge on any atom is -0.342 e. The lowest BCUT2D eigenvalue weighted by Crippen LogP contribution is -2.22. The van der Waals surface area contributed by atoms with Gasteiger partial charge < -0.3 is 4.57 Å². The van der Waals surface area contributed by atoms with Crippen molar-refractivity contribution in [2.75, 3.05) is 0 Å². The molecule has 0 bridgehead atoms. The van der Waals surface area contributed by atoms with E-state index in [0.717, 1.165) is 33.1 Å². The van der Waals surface area contributed by atoms with E-state index in [2.05, 4.69) is 27.9 Å². The maximum Gasteiger partial charge on any atom is 0.274 e. The van der Waals surface area contributed by atoms with Crippen LogP contribution in [-0.4, -0.2) is 14.0 Å². The van der Waals surface area contributed by atoms with E-state index in [9.17, 15) is 4.79 Å². The second-order valence-electron chi connectivity index (χ2n) is 7.60. The number of para-hydroxylation sites is 3. The zero-order valence-corrected chi connectivity index (χ0v) is 19.0. The van der Waals surface area contributed by atoms with Crippen LogP contribution < -0.4 is 10.1 Å². The van der Waals surface area contributed by atoms with Crippen LogP contribution in [-0.2, 0) is 6.54 Å². The quantitative estimate of drug-likeness (QED) is 0.326. The standard InChI is InChI=1S/C25H15Cl2N3OS/c26-17-10-9-15(19(27)12-17)13-29-14-16(18-5-1-3-7-21(18)29)11-23-24(31)30-22-8-4-2-6-20(22)28-25(30)32-23/h1-12,14H,13H2. The van der Waals surface area contributed by atoms with Gasteiger partial charge in [0.05, 0.1) is 15.6 Å². The number of aromatic nitrogens is 3. The van der Waals surface area contributed by atoms with Gasteiger partial charge in [0.1, 0.15) is 0 Å². The molecule has 0 aliphatic heterocycles. The number of fused-ring (bicyclic) bond motifs is 4. The van der Waals surface area contributed by atoms with Gasteiger partial charge >= 0.3 is 0 Å². The normalized spacial score (nSPS) is 12.5. The molecule has 7 heteroatoms. The first-order chi connectivity index (χ1) is 15.6. The molecule has 156 valence electrons. The Morgan fingerprint density at radius 2 is 1.75 bits per heavy atom. The van der Waals surface area contributed by atoms with E-state index < -0.39 is 0 Å². The molecule has 0 spiro atoms. The van der Waals surface area contributed by atoms with Crippen LogP contribution in [0.2, 0.25) is 10.0 Å². The summed E-state index contributed by atoms with van der Waals surface area (Å²) in [6, 6.07) is 21.4. The summed E-state index contributed by atoms with van der Waals surface area (Å²) < 4.78 is 4.50. The molecule has 32 heavy (non-hydrogen) atoms. The van der Waals surface area contributed by atoms with Crippen molar-refractivity contribution in [3.05, 3.63) is 109 Å². The predicted octanol–water partition coefficient (Wildman–Crippen LogP) is 5.77. The summed E-state index contributed by atoms with van der Waals surface area (Å²) in [5.74, 6) is 0. The Balaban J connectivity index is 1.52. The van der Waals surface area contributed by atoms with Gasteiger partial charge in [-0.25, -0.2) is 9.38 Å². The molecular formula is C25H15Cl2N3OS. The van der Waals surface area contributed by atoms with E-state index in [1.54, 1.807) is 10.5 Å². The molecule has 6 rings (SSSR count). The molecule has 3 aromatic carbocycles. The molecule has 0 aliphatic rings. The minimum atomic E-state index is -0.0451. The number of benzene rings is 3. The molecule has 0 aliphatic carbocycles. The van der Waals surface area contributed by atoms with Crippen LogP contribution >= 0.6 is 34.5 Å². The number of imidazole rings is 1. The van der Waals surface area contributed by atoms with Crippen LogP contribution in [0.4, 0.5) is 0 Å². The van der Waals surface area contributed by atoms with E-state index in [1.807, 2.05) is 54.6 Å². The fourth-order valence-electron chi connectivity index (χ4n) is 4.11. The van der Waals surface area contributed by atoms with Crippen molar-refractivity contribution >= 4 is 67.5 Å². The molecule has 4 nitrogen and oxygen atoms in total. The van der Waals surface area contributed by atoms with Crippen molar-refractivity contribution in [2.45, 2.75) is 6.54 Å². The zero-order valence-electron chi connectivity index (χ0n) is 16.6. The highest BCUT2D eigenvalue weighted by molar-refractivity contribution is 7.15. The maximum atomic E-state index is 13.2. The molecule has 0 N–H and O–H groups in total. The van der Waals surface area contributed by atoms with Crippen molar-refractivity contribution < 1.29 is 0 Å². The van der Waals surface area contributed by atoms with Crippen molar-refractivity contribution in [3.63, 3.8) is 0 Å². The molecule has 0 radical (unpaired) electrons. The Morgan fingerprint density at radius 3 is 2.59 bits per heavy atom. The number of rotatable bonds is 3. The van der Waals surface area contributed by atoms with Crippen molar-refractivity contribution in [1.29, 1.82) is 0 Å². The molecule has 0 amide bonds. The highest BCUT2D eigenvalue weighted by Gasteiger charge is 2.13. The third kappa shape index (κ3) is 3.13. The topological polar surface area (TPSA) is 39.3 Å². The fraction of sp³-hybridized carbons (Fsp3) is 0.0400. The summed E-state index contributed by atoms with van der Waals surface area (Å²) >= 11 is 13.9. The molecule has 0 fully saturated rings. The molecule has 0 saturated carbocycles. The Kier molecular flexibility index (Phi) is 4.57. The summed E-state index contributed by atoms with van der Waals surface area (Å²) in [5.41, 5.74) is 4.66. The minimum absolute atomic E-state index is 0.0451. The van der Waals surface area contributed by atoms with Crippen LogP contribution in [0.15, 0.2) is 77.7 Å². The van der Waals surface area contributed by atoms with Gasteiger partial charge in [0.15, 0.2) is 4.96 Å². The molecular weight excluding hydrogens is 461 g/mol. The van der Waals surface area contributed by atoms with E-state index in [4.69, 9.17) is 23.2 Å². The van der Waals surface area contributed by atoms with Gasteiger partial charge in [-0.1, -0.05) is 70.9 Å². The van der Waals surface area contributed by atoms with Gasteiger partial charge in [-0.05, 0) is 42.0 Å². The van der Waals surface area contributed by atoms with E-state index in [0.29, 0.717) is 26.1 Å². The largest absolute Gasteiger partial charge is 0.342 e. The molecule has 3 heterocycles. The summed E-state index contributed by atoms with van der Waals surface area (Å²) in [5, 5.41) is 2.32. The van der Waals surface area contributed by atoms with Crippen LogP contribution in [0, 0.1) is 0 Å². The lowest BCUT2D eigenvalue weighted by molar-refractivity contribution is 0.836. The lowest BCUT2D eigenvalue weighted by Gasteiger charge is -2.08. The molecule has 0 atom stereocenters. The highest BCUT2D eigenvalue weighted by atomic mass is 35.5. The van der Waals surface area contributed by atoms with E-state index in [1.165, 1.54) is 11.3 Å². The van der Waals surface area contributed by atoms with E-state index in [-0.39, 0.29) is 5.56 Å². The molecule has 0 saturated heterocycles. The van der Waals surface area contributed by atoms with Gasteiger partial charge in [-0.2, -0.15) is 0 Å². The number of thiazole rings is 1. The first-order valence-electron chi connectivity index (χ1n) is 10.0. The van der Waals surface area contributed by atoms with Crippen LogP contribution in [0.3, 0.4) is 0 Å². The number of hydrogen-bond donors (Lipinski definition) is 0. The fourth-order valence-corrected chi connectivity index (χ4v) is 5.55. The Bertz CT molecular complexity index is 1760. The summed E-state index contributed by atoms with van der Waals surface area (Å²) in [7, 11) is 0. The maximum absolute atomic E-state index is 13.2. The van der Waals surface area contributed by atoms with Crippen molar-refractivity contribution in [3.8, 4) is 0 Å². The highest BCUT2D eigenvalue weighted by Crippen LogP contribution is 2.26. The van der Waals surface area contributed by atoms with Gasteiger partial charge in [-0.15, -0.1) is 0 Å². The third-order valence-corrected chi connectivity index (χ3v) is 7.16. The lowest BCUT2D eigenvalue weighted by atomic mass is 10.2. The smallest absolute Gasteiger partial charge is 0.274 e. The van der Waals surface area contributed by atoms with E-state index >= 15 is 0 Å². The molecule has 0 unspecified atom stereocenters. The number of hydrogen-bond acceptors (Lipinski definition) is 3. The van der Waals surface area contributed by atoms with Crippen LogP contribution in [0.25, 0.3) is 33.0 Å². The average molecular weight is 476 g/mol. The number of halogens is 2. The van der Waals surface area contributed by atoms with Crippen molar-refractivity contribution in [2.24, 2.45) is 0 Å². The zero-order chi connectivity index (χ0) is 21.8. The Hall–Kier alpha value is -3.12. The van der Waals surface area contributed by atoms with Gasteiger partial charge in [0, 0.05) is 39.3 Å². The summed E-state index contributed by atoms with van der Waals surface area (Å²) in [4.78, 5) is 18.5. The average Bonchev–Trinajstić information content (AvgIpc) is 3.42. The SMILES string of the molecule is O=c1c(=Cc2cn(Cc3ccc(Cl)cc3Cl)c3ccccc23)sc2nc3ccccc3n12. The summed E-state index contributed by atoms with van der Waals surface area (Å²) in [6.07, 6.45) is 4.02. The predicted molar refractivity (Wildman–Crippen MR) is 133 cm³/mol. The van der Waals surface area contributed by atoms with Crippen LogP contribution in [0.5, 0.6) is 0 Å². The van der Waals surface area contributed by atoms with Crippen LogP contribution in [0.1, 0.15) is 11.1 Å². The number of nitrogens with zero attached hydrogens (tertiary/aromatic N) is 3. The first-order valence-corrected chi connectivity index (χ1v) is 11.6. The van der Waals surface area contributed by atoms with Gasteiger partial charge in [-0.3, -0.25) is 4.79 Å². The second kappa shape index (κ2) is 7.48. The second-order valence-corrected chi connectivity index (χ2v) is 9.45. The monoisotopic (exact) mass is 475 g/mol. The first kappa shape index (κ1) is 19.6. The van der Waals surface area contributed by atoms with Crippen molar-refractivity contribution in [1.82, 2.24) is 14.0 Å². The Morgan fingerprint density at radius 1 is 0.969 bits per heavy atom. The Labute approximate surface area is 196 Å². The summed E-state index contributed by atoms with van der Waals surface area (Å²) in [6.45, 7) is 0.604.